The first kappa shape index (κ1) is 41.9. The fourth-order valence-electron chi connectivity index (χ4n) is 9.13. The van der Waals surface area contributed by atoms with Crippen molar-refractivity contribution in [3.8, 4) is 11.1 Å². The number of fused-ring (bicyclic) bond motifs is 5. The van der Waals surface area contributed by atoms with Crippen LogP contribution in [-0.4, -0.2) is 73.2 Å². The van der Waals surface area contributed by atoms with E-state index in [-0.39, 0.29) is 23.7 Å². The standard InChI is InChI=1S/C27H35BrN6.C21H17ClN2O2S/c1-3-34-26-8-5-21(13-25(26)24-7-6-23(28)14-27(24)34)15-29-9-4-11-33-19-22(16-31-33)18-32-12-10-30-20(2)17-32;1-10-5-12(22)6-15(11(10)2)14-3-4-23-18-7-13(27-19(14)18)9-24-20(25)16-8-17(16)21(24)26/h5-8,13-14,16,19-20,29-30H,3-4,9-12,15,17-18H2,1-2H3;3-7,16-17H,8-9H2,1-2H3. The first-order chi connectivity index (χ1) is 29.5. The normalized spacial score (nSPS) is 19.0. The van der Waals surface area contributed by atoms with Crippen molar-refractivity contribution in [2.45, 2.75) is 79.3 Å². The van der Waals surface area contributed by atoms with Gasteiger partial charge in [0, 0.05) is 106 Å². The van der Waals surface area contributed by atoms with Gasteiger partial charge in [0.05, 0.1) is 40.3 Å². The summed E-state index contributed by atoms with van der Waals surface area (Å²) < 4.78 is 6.67. The maximum Gasteiger partial charge on any atom is 0.233 e. The van der Waals surface area contributed by atoms with Crippen molar-refractivity contribution >= 4 is 82.7 Å². The van der Waals surface area contributed by atoms with Crippen molar-refractivity contribution < 1.29 is 9.59 Å². The van der Waals surface area contributed by atoms with Gasteiger partial charge in [-0.05, 0) is 118 Å². The van der Waals surface area contributed by atoms with Gasteiger partial charge in [-0.1, -0.05) is 39.7 Å². The molecule has 3 aromatic carbocycles. The number of likely N-dealkylation sites (tertiary alicyclic amines) is 1. The molecule has 3 unspecified atom stereocenters. The molecule has 1 aliphatic carbocycles. The van der Waals surface area contributed by atoms with Gasteiger partial charge < -0.3 is 15.2 Å². The number of aryl methyl sites for hydroxylation is 3. The van der Waals surface area contributed by atoms with E-state index < -0.39 is 0 Å². The van der Waals surface area contributed by atoms with Crippen LogP contribution in [0.3, 0.4) is 0 Å². The molecule has 10 rings (SSSR count). The van der Waals surface area contributed by atoms with Gasteiger partial charge in [-0.25, -0.2) is 0 Å². The number of aromatic nitrogens is 4. The second kappa shape index (κ2) is 17.7. The second-order valence-corrected chi connectivity index (χ2v) is 19.4. The van der Waals surface area contributed by atoms with Crippen LogP contribution < -0.4 is 10.6 Å². The molecular formula is C48H52BrClN8O2S. The van der Waals surface area contributed by atoms with E-state index >= 15 is 0 Å². The zero-order valence-corrected chi connectivity index (χ0v) is 38.3. The molecule has 0 spiro atoms. The van der Waals surface area contributed by atoms with Gasteiger partial charge in [0.2, 0.25) is 11.8 Å². The third-order valence-corrected chi connectivity index (χ3v) is 14.3. The number of halogens is 2. The maximum absolute atomic E-state index is 12.3. The van der Waals surface area contributed by atoms with Crippen LogP contribution in [-0.2, 0) is 42.3 Å². The predicted molar refractivity (Wildman–Crippen MR) is 251 cm³/mol. The number of piperidine rings is 1. The van der Waals surface area contributed by atoms with Gasteiger partial charge in [0.25, 0.3) is 0 Å². The quantitative estimate of drug-likeness (QED) is 0.0931. The SMILES string of the molecule is CCn1c2ccc(CNCCCn3cc(CN4CCNC(C)C4)cn3)cc2c2ccc(Br)cc21.Cc1cc(Cl)cc(-c2ccnc3cc(CN4C(=O)C5CC5C4=O)sc23)c1C. The van der Waals surface area contributed by atoms with Crippen LogP contribution in [0.1, 0.15) is 53.8 Å². The van der Waals surface area contributed by atoms with Crippen molar-refractivity contribution in [3.05, 3.63) is 116 Å². The molecule has 3 aliphatic rings. The summed E-state index contributed by atoms with van der Waals surface area (Å²) in [6.45, 7) is 17.0. The summed E-state index contributed by atoms with van der Waals surface area (Å²) in [5, 5.41) is 15.1. The Morgan fingerprint density at radius 3 is 2.59 bits per heavy atom. The van der Waals surface area contributed by atoms with Crippen LogP contribution in [0.4, 0.5) is 0 Å². The minimum Gasteiger partial charge on any atom is -0.341 e. The molecule has 2 saturated heterocycles. The first-order valence-corrected chi connectivity index (χ1v) is 23.4. The van der Waals surface area contributed by atoms with Gasteiger partial charge in [-0.15, -0.1) is 11.3 Å². The fourth-order valence-corrected chi connectivity index (χ4v) is 10.9. The van der Waals surface area contributed by atoms with Crippen LogP contribution in [0, 0.1) is 25.7 Å². The average molecular weight is 920 g/mol. The minimum atomic E-state index is -0.0577. The van der Waals surface area contributed by atoms with E-state index in [0.717, 1.165) is 101 Å². The van der Waals surface area contributed by atoms with E-state index in [9.17, 15) is 9.59 Å². The van der Waals surface area contributed by atoms with Crippen molar-refractivity contribution in [3.63, 3.8) is 0 Å². The number of benzene rings is 3. The van der Waals surface area contributed by atoms with Gasteiger partial charge in [-0.3, -0.25) is 29.1 Å². The van der Waals surface area contributed by atoms with Crippen LogP contribution >= 0.6 is 38.9 Å². The minimum absolute atomic E-state index is 0.0167. The van der Waals surface area contributed by atoms with Gasteiger partial charge in [0.1, 0.15) is 0 Å². The first-order valence-electron chi connectivity index (χ1n) is 21.4. The number of pyridine rings is 1. The second-order valence-electron chi connectivity index (χ2n) is 16.9. The molecule has 2 amide bonds. The maximum atomic E-state index is 12.3. The number of rotatable bonds is 12. The largest absolute Gasteiger partial charge is 0.341 e. The van der Waals surface area contributed by atoms with Gasteiger partial charge in [-0.2, -0.15) is 5.10 Å². The smallest absolute Gasteiger partial charge is 0.233 e. The molecule has 316 valence electrons. The average Bonchev–Trinajstić information content (AvgIpc) is 3.45. The number of nitrogens with one attached hydrogen (secondary N) is 2. The van der Waals surface area contributed by atoms with E-state index in [4.69, 9.17) is 11.6 Å². The van der Waals surface area contributed by atoms with Crippen LogP contribution in [0.2, 0.25) is 5.02 Å². The topological polar surface area (TPSA) is 100 Å². The third-order valence-electron chi connectivity index (χ3n) is 12.5. The van der Waals surface area contributed by atoms with Crippen molar-refractivity contribution in [2.75, 3.05) is 26.2 Å². The summed E-state index contributed by atoms with van der Waals surface area (Å²) in [6, 6.07) is 22.0. The Morgan fingerprint density at radius 1 is 0.951 bits per heavy atom. The Labute approximate surface area is 374 Å². The number of imide groups is 1. The van der Waals surface area contributed by atoms with E-state index in [2.05, 4.69) is 121 Å². The molecule has 61 heavy (non-hydrogen) atoms. The summed E-state index contributed by atoms with van der Waals surface area (Å²) >= 11 is 11.5. The zero-order valence-electron chi connectivity index (χ0n) is 35.2. The molecular weight excluding hydrogens is 868 g/mol. The lowest BCUT2D eigenvalue weighted by molar-refractivity contribution is -0.141. The number of thiophene rings is 1. The summed E-state index contributed by atoms with van der Waals surface area (Å²) in [5.41, 5.74) is 10.6. The number of carbonyl (C=O) groups excluding carboxylic acids is 2. The summed E-state index contributed by atoms with van der Waals surface area (Å²) in [5.74, 6) is -0.149. The van der Waals surface area contributed by atoms with Crippen LogP contribution in [0.5, 0.6) is 0 Å². The monoisotopic (exact) mass is 918 g/mol. The highest BCUT2D eigenvalue weighted by atomic mass is 79.9. The Hall–Kier alpha value is -4.43. The van der Waals surface area contributed by atoms with E-state index in [1.807, 2.05) is 30.5 Å². The van der Waals surface area contributed by atoms with E-state index in [0.29, 0.717) is 17.6 Å². The Kier molecular flexibility index (Phi) is 12.2. The lowest BCUT2D eigenvalue weighted by Gasteiger charge is -2.31. The number of piperazine rings is 1. The molecule has 13 heteroatoms. The highest BCUT2D eigenvalue weighted by Gasteiger charge is 2.58. The van der Waals surface area contributed by atoms with Crippen LogP contribution in [0.25, 0.3) is 43.1 Å². The van der Waals surface area contributed by atoms with Gasteiger partial charge >= 0.3 is 0 Å². The third kappa shape index (κ3) is 8.81. The van der Waals surface area contributed by atoms with Crippen molar-refractivity contribution in [1.29, 1.82) is 0 Å². The molecule has 0 bridgehead atoms. The summed E-state index contributed by atoms with van der Waals surface area (Å²) in [4.78, 5) is 33.9. The predicted octanol–water partition coefficient (Wildman–Crippen LogP) is 9.49. The molecule has 2 N–H and O–H groups in total. The zero-order chi connectivity index (χ0) is 42.4. The molecule has 4 aromatic heterocycles. The molecule has 0 radical (unpaired) electrons. The fraction of sp³-hybridized carbons (Fsp3) is 0.375. The van der Waals surface area contributed by atoms with Crippen molar-refractivity contribution in [1.82, 2.24) is 39.8 Å². The lowest BCUT2D eigenvalue weighted by atomic mass is 9.97. The van der Waals surface area contributed by atoms with E-state index in [1.54, 1.807) is 17.5 Å². The molecule has 6 heterocycles. The lowest BCUT2D eigenvalue weighted by Crippen LogP contribution is -2.48. The summed E-state index contributed by atoms with van der Waals surface area (Å²) in [7, 11) is 0. The van der Waals surface area contributed by atoms with Crippen LogP contribution in [0.15, 0.2) is 83.7 Å². The molecule has 3 fully saturated rings. The Balaban J connectivity index is 0.000000160. The molecule has 10 nitrogen and oxygen atoms in total. The van der Waals surface area contributed by atoms with E-state index in [1.165, 1.54) is 43.4 Å². The number of carbonyl (C=O) groups is 2. The molecule has 7 aromatic rings. The number of hydrogen-bond acceptors (Lipinski definition) is 8. The highest BCUT2D eigenvalue weighted by Crippen LogP contribution is 2.48. The summed E-state index contributed by atoms with van der Waals surface area (Å²) in [6.07, 6.45) is 7.84. The molecule has 3 atom stereocenters. The molecule has 1 saturated carbocycles. The van der Waals surface area contributed by atoms with Crippen molar-refractivity contribution in [2.24, 2.45) is 11.8 Å². The van der Waals surface area contributed by atoms with Gasteiger partial charge in [0.15, 0.2) is 0 Å². The highest BCUT2D eigenvalue weighted by molar-refractivity contribution is 9.10. The number of nitrogens with zero attached hydrogens (tertiary/aromatic N) is 6. The number of amides is 2. The number of hydrogen-bond donors (Lipinski definition) is 2. The Bertz CT molecular complexity index is 2760. The Morgan fingerprint density at radius 2 is 1.79 bits per heavy atom. The molecule has 2 aliphatic heterocycles.